The summed E-state index contributed by atoms with van der Waals surface area (Å²) in [6, 6.07) is 0. The topological polar surface area (TPSA) is 35.5 Å². The smallest absolute Gasteiger partial charge is 0.333 e. The quantitative estimate of drug-likeness (QED) is 0.205. The van der Waals surface area contributed by atoms with Gasteiger partial charge >= 0.3 is 5.97 Å². The first kappa shape index (κ1) is 23.2. The van der Waals surface area contributed by atoms with Gasteiger partial charge in [0, 0.05) is 12.2 Å². The van der Waals surface area contributed by atoms with Crippen molar-refractivity contribution in [2.75, 3.05) is 13.7 Å². The van der Waals surface area contributed by atoms with Gasteiger partial charge in [-0.1, -0.05) is 39.8 Å². The third-order valence-electron chi connectivity index (χ3n) is 6.42. The number of methoxy groups -OCH3 is 1. The van der Waals surface area contributed by atoms with Crippen molar-refractivity contribution >= 4 is 14.3 Å². The van der Waals surface area contributed by atoms with Crippen molar-refractivity contribution in [3.8, 4) is 0 Å². The lowest BCUT2D eigenvalue weighted by molar-refractivity contribution is -0.137. The van der Waals surface area contributed by atoms with Crippen molar-refractivity contribution in [2.24, 2.45) is 11.3 Å². The molecule has 0 aromatic heterocycles. The molecule has 1 rings (SSSR count). The molecule has 0 N–H and O–H groups in total. The van der Waals surface area contributed by atoms with Crippen LogP contribution in [-0.2, 0) is 14.0 Å². The molecule has 0 radical (unpaired) electrons. The Kier molecular flexibility index (Phi) is 8.34. The number of carbonyl (C=O) groups excluding carboxylic acids is 1. The molecular weight excluding hydrogens is 340 g/mol. The van der Waals surface area contributed by atoms with E-state index in [-0.39, 0.29) is 22.3 Å². The predicted molar refractivity (Wildman–Crippen MR) is 113 cm³/mol. The Morgan fingerprint density at radius 2 is 2.04 bits per heavy atom. The third-order valence-corrected chi connectivity index (χ3v) is 11.0. The average molecular weight is 381 g/mol. The van der Waals surface area contributed by atoms with Crippen LogP contribution < -0.4 is 0 Å². The summed E-state index contributed by atoms with van der Waals surface area (Å²) in [5.41, 5.74) is 0.925. The summed E-state index contributed by atoms with van der Waals surface area (Å²) in [4.78, 5) is 12.2. The molecule has 0 saturated carbocycles. The Bertz CT molecular complexity index is 516. The fourth-order valence-corrected chi connectivity index (χ4v) is 4.55. The van der Waals surface area contributed by atoms with Gasteiger partial charge in [0.05, 0.1) is 7.11 Å². The van der Waals surface area contributed by atoms with E-state index >= 15 is 0 Å². The van der Waals surface area contributed by atoms with Crippen LogP contribution in [0, 0.1) is 11.3 Å². The second-order valence-electron chi connectivity index (χ2n) is 9.43. The maximum absolute atomic E-state index is 12.2. The van der Waals surface area contributed by atoms with Crippen molar-refractivity contribution in [1.82, 2.24) is 0 Å². The zero-order valence-electron chi connectivity index (χ0n) is 18.1. The van der Waals surface area contributed by atoms with Gasteiger partial charge < -0.3 is 9.16 Å². The highest BCUT2D eigenvalue weighted by atomic mass is 28.4. The molecule has 0 unspecified atom stereocenters. The first-order chi connectivity index (χ1) is 12.0. The number of hydrogen-bond acceptors (Lipinski definition) is 3. The Hall–Kier alpha value is -0.873. The lowest BCUT2D eigenvalue weighted by atomic mass is 9.68. The predicted octanol–water partition coefficient (Wildman–Crippen LogP) is 6.27. The molecule has 0 heterocycles. The number of ether oxygens (including phenoxy) is 1. The highest BCUT2D eigenvalue weighted by Gasteiger charge is 2.38. The summed E-state index contributed by atoms with van der Waals surface area (Å²) < 4.78 is 11.4. The molecule has 0 aromatic rings. The number of esters is 1. The molecule has 26 heavy (non-hydrogen) atoms. The van der Waals surface area contributed by atoms with Crippen LogP contribution in [-0.4, -0.2) is 28.0 Å². The van der Waals surface area contributed by atoms with Gasteiger partial charge in [0.15, 0.2) is 8.32 Å². The van der Waals surface area contributed by atoms with E-state index < -0.39 is 8.32 Å². The Morgan fingerprint density at radius 1 is 1.38 bits per heavy atom. The Labute approximate surface area is 162 Å². The second kappa shape index (κ2) is 9.36. The van der Waals surface area contributed by atoms with Gasteiger partial charge in [0.1, 0.15) is 0 Å². The molecular formula is C22H40O3Si. The maximum atomic E-state index is 12.2. The van der Waals surface area contributed by atoms with Crippen LogP contribution in [0.3, 0.4) is 0 Å². The summed E-state index contributed by atoms with van der Waals surface area (Å²) in [6.07, 6.45) is 10.5. The molecule has 3 nitrogen and oxygen atoms in total. The van der Waals surface area contributed by atoms with Crippen LogP contribution in [0.1, 0.15) is 66.2 Å². The zero-order valence-corrected chi connectivity index (χ0v) is 19.1. The lowest BCUT2D eigenvalue weighted by Crippen LogP contribution is -2.41. The van der Waals surface area contributed by atoms with E-state index in [1.807, 2.05) is 6.08 Å². The third kappa shape index (κ3) is 6.09. The van der Waals surface area contributed by atoms with Crippen molar-refractivity contribution < 1.29 is 14.0 Å². The van der Waals surface area contributed by atoms with Crippen molar-refractivity contribution in [1.29, 1.82) is 0 Å². The molecule has 0 aliphatic heterocycles. The fraction of sp³-hybridized carbons (Fsp3) is 0.773. The molecule has 1 aliphatic carbocycles. The van der Waals surface area contributed by atoms with Gasteiger partial charge in [-0.3, -0.25) is 0 Å². The van der Waals surface area contributed by atoms with E-state index in [9.17, 15) is 4.79 Å². The van der Waals surface area contributed by atoms with Gasteiger partial charge in [-0.05, 0) is 68.0 Å². The normalized spacial score (nSPS) is 24.1. The summed E-state index contributed by atoms with van der Waals surface area (Å²) in [5.74, 6) is 0.112. The number of hydrogen-bond donors (Lipinski definition) is 0. The van der Waals surface area contributed by atoms with Crippen LogP contribution in [0.2, 0.25) is 18.1 Å². The minimum atomic E-state index is -1.70. The number of allylic oxidation sites excluding steroid dienone is 2. The highest BCUT2D eigenvalue weighted by Crippen LogP contribution is 2.44. The maximum Gasteiger partial charge on any atom is 0.333 e. The highest BCUT2D eigenvalue weighted by molar-refractivity contribution is 6.74. The number of rotatable bonds is 9. The first-order valence-electron chi connectivity index (χ1n) is 10.0. The minimum Gasteiger partial charge on any atom is -0.466 e. The van der Waals surface area contributed by atoms with Gasteiger partial charge in [0.25, 0.3) is 0 Å². The minimum absolute atomic E-state index is 0.0705. The second-order valence-corrected chi connectivity index (χ2v) is 14.2. The monoisotopic (exact) mass is 380 g/mol. The van der Waals surface area contributed by atoms with Crippen molar-refractivity contribution in [2.45, 2.75) is 84.4 Å². The van der Waals surface area contributed by atoms with Crippen LogP contribution in [0.4, 0.5) is 0 Å². The summed E-state index contributed by atoms with van der Waals surface area (Å²) >= 11 is 0. The molecule has 2 atom stereocenters. The average Bonchev–Trinajstić information content (AvgIpc) is 2.57. The zero-order chi connectivity index (χ0) is 20.0. The van der Waals surface area contributed by atoms with E-state index in [1.54, 1.807) is 0 Å². The van der Waals surface area contributed by atoms with Gasteiger partial charge in [0.2, 0.25) is 0 Å². The molecule has 4 heteroatoms. The summed E-state index contributed by atoms with van der Waals surface area (Å²) in [6.45, 7) is 18.3. The molecule has 0 saturated heterocycles. The van der Waals surface area contributed by atoms with E-state index in [0.29, 0.717) is 0 Å². The van der Waals surface area contributed by atoms with Crippen LogP contribution in [0.15, 0.2) is 24.3 Å². The number of carbonyl (C=O) groups is 1. The van der Waals surface area contributed by atoms with E-state index in [4.69, 9.17) is 9.16 Å². The van der Waals surface area contributed by atoms with Gasteiger partial charge in [-0.15, -0.1) is 6.58 Å². The molecule has 0 aromatic carbocycles. The fourth-order valence-electron chi connectivity index (χ4n) is 3.46. The molecule has 0 fully saturated rings. The van der Waals surface area contributed by atoms with Crippen LogP contribution in [0.5, 0.6) is 0 Å². The lowest BCUT2D eigenvalue weighted by Gasteiger charge is -2.39. The Morgan fingerprint density at radius 3 is 2.58 bits per heavy atom. The largest absolute Gasteiger partial charge is 0.466 e. The van der Waals surface area contributed by atoms with Gasteiger partial charge in [-0.2, -0.15) is 0 Å². The molecule has 150 valence electrons. The van der Waals surface area contributed by atoms with Crippen molar-refractivity contribution in [3.63, 3.8) is 0 Å². The molecule has 1 aliphatic rings. The molecule has 0 amide bonds. The van der Waals surface area contributed by atoms with E-state index in [0.717, 1.165) is 50.7 Å². The standard InChI is InChI=1S/C22H40O3Si/c1-9-10-13-22(14-11-16-25-26(7,8)21(3,4)5)15-12-18(2)19(17-22)20(23)24-6/h9,17-18H,1,10-16H2,2-8H3/t18-,22-/m1/s1. The summed E-state index contributed by atoms with van der Waals surface area (Å²) in [5, 5.41) is 0.242. The summed E-state index contributed by atoms with van der Waals surface area (Å²) in [7, 11) is -0.220. The van der Waals surface area contributed by atoms with E-state index in [1.165, 1.54) is 7.11 Å². The molecule has 0 bridgehead atoms. The van der Waals surface area contributed by atoms with Crippen molar-refractivity contribution in [3.05, 3.63) is 24.3 Å². The van der Waals surface area contributed by atoms with Crippen LogP contribution in [0.25, 0.3) is 0 Å². The van der Waals surface area contributed by atoms with E-state index in [2.05, 4.69) is 53.4 Å². The van der Waals surface area contributed by atoms with Crippen LogP contribution >= 0.6 is 0 Å². The first-order valence-corrected chi connectivity index (χ1v) is 12.9. The SMILES string of the molecule is C=CCC[C@]1(CCCO[Si](C)(C)C(C)(C)C)C=C(C(=O)OC)[C@H](C)CC1. The van der Waals surface area contributed by atoms with Gasteiger partial charge in [-0.25, -0.2) is 4.79 Å². The molecule has 0 spiro atoms. The Balaban J connectivity index is 2.82.